The van der Waals surface area contributed by atoms with Crippen LogP contribution < -0.4 is 10.2 Å². The van der Waals surface area contributed by atoms with Crippen LogP contribution in [0.3, 0.4) is 0 Å². The lowest BCUT2D eigenvalue weighted by Gasteiger charge is -2.24. The number of benzene rings is 1. The van der Waals surface area contributed by atoms with Crippen LogP contribution in [0, 0.1) is 0 Å². The van der Waals surface area contributed by atoms with Crippen LogP contribution in [0.5, 0.6) is 5.75 Å². The zero-order chi connectivity index (χ0) is 14.7. The van der Waals surface area contributed by atoms with Gasteiger partial charge in [-0.3, -0.25) is 19.3 Å². The molecule has 1 aliphatic heterocycles. The van der Waals surface area contributed by atoms with Gasteiger partial charge in [0.2, 0.25) is 11.8 Å². The number of amides is 2. The Labute approximate surface area is 114 Å². The zero-order valence-corrected chi connectivity index (χ0v) is 10.6. The van der Waals surface area contributed by atoms with E-state index in [0.29, 0.717) is 12.1 Å². The number of anilines is 1. The molecule has 1 atom stereocenters. The first-order chi connectivity index (χ1) is 9.47. The molecule has 7 nitrogen and oxygen atoms in total. The van der Waals surface area contributed by atoms with Crippen molar-refractivity contribution >= 4 is 23.5 Å². The van der Waals surface area contributed by atoms with Crippen LogP contribution in [0.2, 0.25) is 0 Å². The number of aromatic hydroxyl groups is 1. The fourth-order valence-corrected chi connectivity index (χ4v) is 2.05. The maximum Gasteiger partial charge on any atom is 0.323 e. The van der Waals surface area contributed by atoms with Crippen LogP contribution in [-0.2, 0) is 14.4 Å². The number of carbonyl (C=O) groups excluding carboxylic acids is 2. The van der Waals surface area contributed by atoms with Crippen molar-refractivity contribution in [3.8, 4) is 5.75 Å². The van der Waals surface area contributed by atoms with Gasteiger partial charge in [-0.05, 0) is 30.7 Å². The van der Waals surface area contributed by atoms with Crippen LogP contribution in [0.25, 0.3) is 0 Å². The summed E-state index contributed by atoms with van der Waals surface area (Å²) in [5.74, 6) is -1.82. The van der Waals surface area contributed by atoms with E-state index in [1.807, 2.05) is 0 Å². The molecule has 0 aliphatic carbocycles. The number of nitrogens with one attached hydrogen (secondary N) is 1. The maximum absolute atomic E-state index is 12.3. The number of aliphatic carboxylic acids is 1. The number of carbonyl (C=O) groups is 3. The Morgan fingerprint density at radius 3 is 2.45 bits per heavy atom. The third-order valence-electron chi connectivity index (χ3n) is 3.01. The Bertz CT molecular complexity index is 540. The Kier molecular flexibility index (Phi) is 3.88. The Balaban J connectivity index is 2.22. The maximum atomic E-state index is 12.3. The van der Waals surface area contributed by atoms with Gasteiger partial charge in [-0.25, -0.2) is 0 Å². The second-order valence-corrected chi connectivity index (χ2v) is 4.49. The molecule has 0 aromatic heterocycles. The highest BCUT2D eigenvalue weighted by molar-refractivity contribution is 6.03. The van der Waals surface area contributed by atoms with Crippen LogP contribution in [-0.4, -0.2) is 40.6 Å². The summed E-state index contributed by atoms with van der Waals surface area (Å²) in [6.07, 6.45) is 0.610. The molecule has 0 radical (unpaired) electrons. The molecule has 20 heavy (non-hydrogen) atoms. The van der Waals surface area contributed by atoms with Crippen molar-refractivity contribution in [2.45, 2.75) is 18.9 Å². The summed E-state index contributed by atoms with van der Waals surface area (Å²) in [5, 5.41) is 20.7. The highest BCUT2D eigenvalue weighted by Crippen LogP contribution is 2.21. The quantitative estimate of drug-likeness (QED) is 0.723. The summed E-state index contributed by atoms with van der Waals surface area (Å²) in [5.41, 5.74) is 0.358. The fourth-order valence-electron chi connectivity index (χ4n) is 2.05. The normalized spacial score (nSPS) is 17.6. The van der Waals surface area contributed by atoms with Gasteiger partial charge in [0.1, 0.15) is 18.3 Å². The number of nitrogens with zero attached hydrogens (tertiary/aromatic N) is 1. The lowest BCUT2D eigenvalue weighted by Crippen LogP contribution is -2.46. The van der Waals surface area contributed by atoms with Crippen molar-refractivity contribution in [2.24, 2.45) is 0 Å². The van der Waals surface area contributed by atoms with E-state index in [1.165, 1.54) is 24.3 Å². The van der Waals surface area contributed by atoms with E-state index in [0.717, 1.165) is 4.90 Å². The minimum atomic E-state index is -1.16. The van der Waals surface area contributed by atoms with Crippen LogP contribution in [0.1, 0.15) is 12.8 Å². The molecule has 1 aromatic rings. The van der Waals surface area contributed by atoms with Crippen molar-refractivity contribution in [2.75, 3.05) is 11.4 Å². The number of carboxylic acid groups (broad SMARTS) is 1. The van der Waals surface area contributed by atoms with Crippen molar-refractivity contribution in [1.82, 2.24) is 5.32 Å². The predicted molar refractivity (Wildman–Crippen MR) is 69.3 cm³/mol. The molecule has 1 aromatic carbocycles. The number of rotatable bonds is 4. The monoisotopic (exact) mass is 278 g/mol. The van der Waals surface area contributed by atoms with Gasteiger partial charge in [0.15, 0.2) is 0 Å². The minimum Gasteiger partial charge on any atom is -0.508 e. The molecule has 106 valence electrons. The first-order valence-corrected chi connectivity index (χ1v) is 6.09. The molecule has 1 saturated heterocycles. The standard InChI is InChI=1S/C13H14N2O5/c16-9-3-1-8(2-4-9)15(7-12(18)19)13(20)10-5-6-11(17)14-10/h1-4,10,16H,5-7H2,(H,14,17)(H,18,19)/t10-/m1/s1. The fraction of sp³-hybridized carbons (Fsp3) is 0.308. The first-order valence-electron chi connectivity index (χ1n) is 6.09. The third kappa shape index (κ3) is 3.05. The lowest BCUT2D eigenvalue weighted by molar-refractivity contribution is -0.136. The summed E-state index contributed by atoms with van der Waals surface area (Å²) in [6, 6.07) is 4.94. The predicted octanol–water partition coefficient (Wildman–Crippen LogP) is 0.0884. The van der Waals surface area contributed by atoms with Gasteiger partial charge < -0.3 is 15.5 Å². The van der Waals surface area contributed by atoms with E-state index in [2.05, 4.69) is 5.32 Å². The zero-order valence-electron chi connectivity index (χ0n) is 10.6. The number of hydrogen-bond acceptors (Lipinski definition) is 4. The van der Waals surface area contributed by atoms with E-state index in [-0.39, 0.29) is 18.1 Å². The van der Waals surface area contributed by atoms with E-state index in [4.69, 9.17) is 5.11 Å². The third-order valence-corrected chi connectivity index (χ3v) is 3.01. The molecule has 1 fully saturated rings. The second-order valence-electron chi connectivity index (χ2n) is 4.49. The number of phenols is 1. The van der Waals surface area contributed by atoms with Gasteiger partial charge in [0.05, 0.1) is 0 Å². The van der Waals surface area contributed by atoms with Gasteiger partial charge >= 0.3 is 5.97 Å². The lowest BCUT2D eigenvalue weighted by atomic mass is 10.1. The topological polar surface area (TPSA) is 107 Å². The van der Waals surface area contributed by atoms with Gasteiger partial charge in [0.25, 0.3) is 0 Å². The van der Waals surface area contributed by atoms with E-state index < -0.39 is 24.5 Å². The molecule has 2 amide bonds. The van der Waals surface area contributed by atoms with Crippen molar-refractivity contribution in [1.29, 1.82) is 0 Å². The van der Waals surface area contributed by atoms with Gasteiger partial charge in [-0.2, -0.15) is 0 Å². The summed E-state index contributed by atoms with van der Waals surface area (Å²) >= 11 is 0. The van der Waals surface area contributed by atoms with Crippen LogP contribution in [0.15, 0.2) is 24.3 Å². The van der Waals surface area contributed by atoms with Gasteiger partial charge in [-0.1, -0.05) is 0 Å². The largest absolute Gasteiger partial charge is 0.508 e. The Morgan fingerprint density at radius 1 is 1.30 bits per heavy atom. The molecule has 1 heterocycles. The molecule has 1 aliphatic rings. The molecule has 0 unspecified atom stereocenters. The Hall–Kier alpha value is -2.57. The highest BCUT2D eigenvalue weighted by Gasteiger charge is 2.32. The molecule has 2 rings (SSSR count). The van der Waals surface area contributed by atoms with E-state index >= 15 is 0 Å². The van der Waals surface area contributed by atoms with Crippen LogP contribution in [0.4, 0.5) is 5.69 Å². The molecular formula is C13H14N2O5. The summed E-state index contributed by atoms with van der Waals surface area (Å²) in [4.78, 5) is 35.4. The molecule has 0 saturated carbocycles. The van der Waals surface area contributed by atoms with Crippen molar-refractivity contribution in [3.05, 3.63) is 24.3 Å². The SMILES string of the molecule is O=C(O)CN(C(=O)[C@H]1CCC(=O)N1)c1ccc(O)cc1. The summed E-state index contributed by atoms with van der Waals surface area (Å²) in [6.45, 7) is -0.504. The van der Waals surface area contributed by atoms with Crippen molar-refractivity contribution in [3.63, 3.8) is 0 Å². The minimum absolute atomic E-state index is 0.0191. The molecule has 7 heteroatoms. The number of carboxylic acids is 1. The van der Waals surface area contributed by atoms with E-state index in [9.17, 15) is 19.5 Å². The van der Waals surface area contributed by atoms with Crippen LogP contribution >= 0.6 is 0 Å². The smallest absolute Gasteiger partial charge is 0.323 e. The number of phenolic OH excluding ortho intramolecular Hbond substituents is 1. The molecule has 3 N–H and O–H groups in total. The Morgan fingerprint density at radius 2 is 1.95 bits per heavy atom. The number of hydrogen-bond donors (Lipinski definition) is 3. The molecular weight excluding hydrogens is 264 g/mol. The molecule has 0 spiro atoms. The first kappa shape index (κ1) is 13.9. The summed E-state index contributed by atoms with van der Waals surface area (Å²) in [7, 11) is 0. The average molecular weight is 278 g/mol. The summed E-state index contributed by atoms with van der Waals surface area (Å²) < 4.78 is 0. The van der Waals surface area contributed by atoms with Crippen molar-refractivity contribution < 1.29 is 24.6 Å². The van der Waals surface area contributed by atoms with Gasteiger partial charge in [-0.15, -0.1) is 0 Å². The van der Waals surface area contributed by atoms with Gasteiger partial charge in [0, 0.05) is 12.1 Å². The van der Waals surface area contributed by atoms with E-state index in [1.54, 1.807) is 0 Å². The highest BCUT2D eigenvalue weighted by atomic mass is 16.4. The second kappa shape index (κ2) is 5.60. The average Bonchev–Trinajstić information content (AvgIpc) is 2.83. The molecule has 0 bridgehead atoms.